The van der Waals surface area contributed by atoms with Crippen LogP contribution in [0.4, 0.5) is 0 Å². The molecule has 0 aromatic heterocycles. The molecule has 1 N–H and O–H groups in total. The van der Waals surface area contributed by atoms with Crippen molar-refractivity contribution in [2.45, 2.75) is 51.0 Å². The molecule has 1 aliphatic carbocycles. The number of nitrogens with one attached hydrogen (secondary N) is 1. The Labute approximate surface area is 105 Å². The second-order valence-corrected chi connectivity index (χ2v) is 5.92. The highest BCUT2D eigenvalue weighted by Crippen LogP contribution is 2.35. The molecule has 17 heavy (non-hydrogen) atoms. The van der Waals surface area contributed by atoms with E-state index in [1.165, 1.54) is 38.5 Å². The maximum atomic E-state index is 12.0. The third-order valence-corrected chi connectivity index (χ3v) is 4.50. The average molecular weight is 238 g/mol. The molecule has 3 nitrogen and oxygen atoms in total. The van der Waals surface area contributed by atoms with Crippen molar-refractivity contribution in [3.8, 4) is 0 Å². The molecule has 1 amide bonds. The smallest absolute Gasteiger partial charge is 0.239 e. The van der Waals surface area contributed by atoms with Gasteiger partial charge < -0.3 is 10.2 Å². The van der Waals surface area contributed by atoms with Crippen LogP contribution in [0.25, 0.3) is 0 Å². The van der Waals surface area contributed by atoms with Crippen LogP contribution < -0.4 is 5.32 Å². The van der Waals surface area contributed by atoms with Gasteiger partial charge in [0.05, 0.1) is 6.04 Å². The van der Waals surface area contributed by atoms with Crippen molar-refractivity contribution < 1.29 is 4.79 Å². The third-order valence-electron chi connectivity index (χ3n) is 4.50. The summed E-state index contributed by atoms with van der Waals surface area (Å²) in [5, 5.41) is 3.38. The molecule has 0 aromatic carbocycles. The lowest BCUT2D eigenvalue weighted by molar-refractivity contribution is -0.132. The van der Waals surface area contributed by atoms with Crippen molar-refractivity contribution in [1.82, 2.24) is 10.2 Å². The van der Waals surface area contributed by atoms with Gasteiger partial charge in [-0.05, 0) is 31.2 Å². The molecule has 0 radical (unpaired) electrons. The van der Waals surface area contributed by atoms with E-state index in [-0.39, 0.29) is 11.9 Å². The second-order valence-electron chi connectivity index (χ2n) is 5.92. The van der Waals surface area contributed by atoms with Crippen molar-refractivity contribution in [3.63, 3.8) is 0 Å². The number of carbonyl (C=O) groups is 1. The van der Waals surface area contributed by atoms with Gasteiger partial charge in [0.25, 0.3) is 0 Å². The lowest BCUT2D eigenvalue weighted by Gasteiger charge is -2.37. The summed E-state index contributed by atoms with van der Waals surface area (Å²) in [6.45, 7) is 1.02. The topological polar surface area (TPSA) is 32.3 Å². The summed E-state index contributed by atoms with van der Waals surface area (Å²) >= 11 is 0. The molecule has 1 heterocycles. The van der Waals surface area contributed by atoms with Crippen molar-refractivity contribution >= 4 is 5.91 Å². The van der Waals surface area contributed by atoms with E-state index < -0.39 is 0 Å². The molecular weight excluding hydrogens is 212 g/mol. The van der Waals surface area contributed by atoms with Gasteiger partial charge in [-0.2, -0.15) is 0 Å². The lowest BCUT2D eigenvalue weighted by atomic mass is 9.74. The van der Waals surface area contributed by atoms with Crippen molar-refractivity contribution in [2.75, 3.05) is 20.6 Å². The molecule has 1 aliphatic heterocycles. The van der Waals surface area contributed by atoms with Crippen LogP contribution in [0.1, 0.15) is 44.9 Å². The van der Waals surface area contributed by atoms with Gasteiger partial charge in [-0.3, -0.25) is 4.79 Å². The SMILES string of the molecule is CN(C)C(=O)C1CC(C2CCCCC2)CCN1. The fourth-order valence-electron chi connectivity index (χ4n) is 3.48. The number of hydrogen-bond donors (Lipinski definition) is 1. The van der Waals surface area contributed by atoms with E-state index >= 15 is 0 Å². The Morgan fingerprint density at radius 3 is 2.41 bits per heavy atom. The van der Waals surface area contributed by atoms with Gasteiger partial charge in [-0.1, -0.05) is 32.1 Å². The summed E-state index contributed by atoms with van der Waals surface area (Å²) in [5.74, 6) is 1.93. The number of likely N-dealkylation sites (N-methyl/N-ethyl adjacent to an activating group) is 1. The predicted octanol–water partition coefficient (Wildman–Crippen LogP) is 2.02. The van der Waals surface area contributed by atoms with Gasteiger partial charge in [0.2, 0.25) is 5.91 Å². The van der Waals surface area contributed by atoms with Crippen LogP contribution in [0, 0.1) is 11.8 Å². The highest BCUT2D eigenvalue weighted by atomic mass is 16.2. The van der Waals surface area contributed by atoms with E-state index in [9.17, 15) is 4.79 Å². The van der Waals surface area contributed by atoms with E-state index in [4.69, 9.17) is 0 Å². The number of piperidine rings is 1. The molecule has 0 aromatic rings. The van der Waals surface area contributed by atoms with Crippen LogP contribution in [0.5, 0.6) is 0 Å². The highest BCUT2D eigenvalue weighted by molar-refractivity contribution is 5.81. The molecule has 2 fully saturated rings. The van der Waals surface area contributed by atoms with Crippen LogP contribution in [0.3, 0.4) is 0 Å². The first-order valence-electron chi connectivity index (χ1n) is 7.13. The maximum absolute atomic E-state index is 12.0. The quantitative estimate of drug-likeness (QED) is 0.798. The fraction of sp³-hybridized carbons (Fsp3) is 0.929. The van der Waals surface area contributed by atoms with E-state index in [0.717, 1.165) is 24.8 Å². The molecule has 0 bridgehead atoms. The van der Waals surface area contributed by atoms with Crippen LogP contribution in [0.2, 0.25) is 0 Å². The molecule has 1 saturated carbocycles. The largest absolute Gasteiger partial charge is 0.347 e. The van der Waals surface area contributed by atoms with Crippen molar-refractivity contribution in [3.05, 3.63) is 0 Å². The average Bonchev–Trinajstić information content (AvgIpc) is 2.39. The zero-order valence-corrected chi connectivity index (χ0v) is 11.2. The summed E-state index contributed by atoms with van der Waals surface area (Å²) in [5.41, 5.74) is 0. The van der Waals surface area contributed by atoms with Gasteiger partial charge >= 0.3 is 0 Å². The molecule has 2 unspecified atom stereocenters. The Morgan fingerprint density at radius 2 is 1.76 bits per heavy atom. The molecule has 2 rings (SSSR count). The Balaban J connectivity index is 1.89. The molecule has 3 heteroatoms. The van der Waals surface area contributed by atoms with E-state index in [2.05, 4.69) is 5.32 Å². The lowest BCUT2D eigenvalue weighted by Crippen LogP contribution is -2.49. The molecule has 2 atom stereocenters. The number of hydrogen-bond acceptors (Lipinski definition) is 2. The molecular formula is C14H26N2O. The van der Waals surface area contributed by atoms with E-state index in [1.807, 2.05) is 14.1 Å². The monoisotopic (exact) mass is 238 g/mol. The zero-order chi connectivity index (χ0) is 12.3. The first-order chi connectivity index (χ1) is 8.18. The van der Waals surface area contributed by atoms with Crippen molar-refractivity contribution in [1.29, 1.82) is 0 Å². The summed E-state index contributed by atoms with van der Waals surface area (Å²) < 4.78 is 0. The molecule has 98 valence electrons. The Hall–Kier alpha value is -0.570. The summed E-state index contributed by atoms with van der Waals surface area (Å²) in [7, 11) is 3.71. The predicted molar refractivity (Wildman–Crippen MR) is 69.8 cm³/mol. The Bertz CT molecular complexity index is 259. The van der Waals surface area contributed by atoms with Crippen LogP contribution in [-0.4, -0.2) is 37.5 Å². The third kappa shape index (κ3) is 3.21. The number of carbonyl (C=O) groups excluding carboxylic acids is 1. The zero-order valence-electron chi connectivity index (χ0n) is 11.2. The van der Waals surface area contributed by atoms with E-state index in [1.54, 1.807) is 4.90 Å². The number of nitrogens with zero attached hydrogens (tertiary/aromatic N) is 1. The summed E-state index contributed by atoms with van der Waals surface area (Å²) in [4.78, 5) is 13.7. The number of rotatable bonds is 2. The maximum Gasteiger partial charge on any atom is 0.239 e. The first kappa shape index (κ1) is 12.9. The van der Waals surface area contributed by atoms with E-state index in [0.29, 0.717) is 0 Å². The minimum atomic E-state index is 0.0747. The first-order valence-corrected chi connectivity index (χ1v) is 7.13. The standard InChI is InChI=1S/C14H26N2O/c1-16(2)14(17)13-10-12(8-9-15-13)11-6-4-3-5-7-11/h11-13,15H,3-10H2,1-2H3. The highest BCUT2D eigenvalue weighted by Gasteiger charge is 2.32. The minimum Gasteiger partial charge on any atom is -0.347 e. The van der Waals surface area contributed by atoms with Gasteiger partial charge in [-0.15, -0.1) is 0 Å². The van der Waals surface area contributed by atoms with Crippen LogP contribution in [0.15, 0.2) is 0 Å². The van der Waals surface area contributed by atoms with Gasteiger partial charge in [-0.25, -0.2) is 0 Å². The molecule has 2 aliphatic rings. The Morgan fingerprint density at radius 1 is 1.06 bits per heavy atom. The summed E-state index contributed by atoms with van der Waals surface area (Å²) in [6, 6.07) is 0.0747. The molecule has 0 spiro atoms. The normalized spacial score (nSPS) is 31.2. The molecule has 1 saturated heterocycles. The van der Waals surface area contributed by atoms with Crippen LogP contribution >= 0.6 is 0 Å². The van der Waals surface area contributed by atoms with Gasteiger partial charge in [0.1, 0.15) is 0 Å². The fourth-order valence-corrected chi connectivity index (χ4v) is 3.48. The van der Waals surface area contributed by atoms with Gasteiger partial charge in [0.15, 0.2) is 0 Å². The minimum absolute atomic E-state index is 0.0747. The van der Waals surface area contributed by atoms with Gasteiger partial charge in [0, 0.05) is 14.1 Å². The van der Waals surface area contributed by atoms with Crippen LogP contribution in [-0.2, 0) is 4.79 Å². The second kappa shape index (κ2) is 5.85. The van der Waals surface area contributed by atoms with Crippen molar-refractivity contribution in [2.24, 2.45) is 11.8 Å². The summed E-state index contributed by atoms with van der Waals surface area (Å²) in [6.07, 6.45) is 9.34. The Kier molecular flexibility index (Phi) is 4.43. The number of amides is 1.